The Morgan fingerprint density at radius 2 is 1.83 bits per heavy atom. The van der Waals surface area contributed by atoms with Gasteiger partial charge in [0.05, 0.1) is 22.6 Å². The number of nitroso groups, excluding NO2 is 1. The Bertz CT molecular complexity index is 1480. The minimum absolute atomic E-state index is 0.0770. The molecule has 1 saturated heterocycles. The Hall–Kier alpha value is -3.58. The Balaban J connectivity index is 1.39. The number of aromatic nitrogens is 1. The Kier molecular flexibility index (Phi) is 5.80. The SMILES string of the molecule is Cc1c(-c2cc(C(=O)N=O)c3c(O[C@H]4C[C@H](C5CCOCC5)C4)ccc(C)c3n2)oc2ccccc12. The fraction of sp³-hybridized carbons (Fsp3) is 0.379. The number of para-hydroxylation sites is 1. The molecular formula is C29H28N2O5. The number of carbonyl (C=O) groups excluding carboxylic acids is 1. The first-order chi connectivity index (χ1) is 17.5. The molecule has 2 aromatic carbocycles. The number of fused-ring (bicyclic) bond motifs is 2. The molecule has 0 spiro atoms. The number of hydrogen-bond donors (Lipinski definition) is 0. The lowest BCUT2D eigenvalue weighted by Crippen LogP contribution is -2.39. The Labute approximate surface area is 208 Å². The lowest BCUT2D eigenvalue weighted by molar-refractivity contribution is -0.0150. The highest BCUT2D eigenvalue weighted by molar-refractivity contribution is 6.10. The molecule has 36 heavy (non-hydrogen) atoms. The number of ether oxygens (including phenoxy) is 2. The van der Waals surface area contributed by atoms with E-state index < -0.39 is 5.91 Å². The van der Waals surface area contributed by atoms with Gasteiger partial charge in [-0.3, -0.25) is 4.79 Å². The molecular weight excluding hydrogens is 456 g/mol. The first-order valence-corrected chi connectivity index (χ1v) is 12.6. The molecule has 1 saturated carbocycles. The number of hydrogen-bond acceptors (Lipinski definition) is 6. The van der Waals surface area contributed by atoms with Gasteiger partial charge in [0.2, 0.25) is 0 Å². The summed E-state index contributed by atoms with van der Waals surface area (Å²) in [5.74, 6) is 1.64. The van der Waals surface area contributed by atoms with Crippen molar-refractivity contribution in [3.63, 3.8) is 0 Å². The number of benzene rings is 2. The van der Waals surface area contributed by atoms with Crippen LogP contribution in [0.15, 0.2) is 52.1 Å². The molecule has 0 bridgehead atoms. The van der Waals surface area contributed by atoms with Gasteiger partial charge in [-0.05, 0) is 75.1 Å². The molecule has 1 aliphatic heterocycles. The predicted octanol–water partition coefficient (Wildman–Crippen LogP) is 6.76. The van der Waals surface area contributed by atoms with E-state index in [1.807, 2.05) is 50.2 Å². The molecule has 2 aliphatic rings. The molecule has 7 nitrogen and oxygen atoms in total. The smallest absolute Gasteiger partial charge is 0.317 e. The first-order valence-electron chi connectivity index (χ1n) is 12.6. The summed E-state index contributed by atoms with van der Waals surface area (Å²) in [5, 5.41) is 4.27. The minimum Gasteiger partial charge on any atom is -0.490 e. The van der Waals surface area contributed by atoms with Gasteiger partial charge in [0.25, 0.3) is 0 Å². The van der Waals surface area contributed by atoms with Crippen molar-refractivity contribution < 1.29 is 18.7 Å². The van der Waals surface area contributed by atoms with Gasteiger partial charge in [-0.25, -0.2) is 4.98 Å². The summed E-state index contributed by atoms with van der Waals surface area (Å²) in [6.45, 7) is 5.59. The zero-order valence-corrected chi connectivity index (χ0v) is 20.5. The maximum atomic E-state index is 12.8. The van der Waals surface area contributed by atoms with Crippen molar-refractivity contribution in [1.29, 1.82) is 0 Å². The van der Waals surface area contributed by atoms with E-state index in [1.54, 1.807) is 6.07 Å². The standard InChI is InChI=1S/C29H28N2O5/c1-16-7-8-25(35-20-13-19(14-20)18-9-11-34-12-10-18)26-22(29(32)31-33)15-23(30-27(16)26)28-17(2)21-5-3-4-6-24(21)36-28/h3-8,15,18-20H,9-14H2,1-2H3/t19-,20-. The maximum Gasteiger partial charge on any atom is 0.317 e. The van der Waals surface area contributed by atoms with Gasteiger partial charge in [0.15, 0.2) is 5.76 Å². The molecule has 2 fully saturated rings. The Morgan fingerprint density at radius 3 is 2.58 bits per heavy atom. The van der Waals surface area contributed by atoms with Crippen molar-refractivity contribution in [2.75, 3.05) is 13.2 Å². The van der Waals surface area contributed by atoms with E-state index in [2.05, 4.69) is 5.18 Å². The van der Waals surface area contributed by atoms with Crippen molar-refractivity contribution in [3.05, 3.63) is 64.1 Å². The highest BCUT2D eigenvalue weighted by Gasteiger charge is 2.37. The van der Waals surface area contributed by atoms with Crippen molar-refractivity contribution in [2.45, 2.75) is 45.6 Å². The maximum absolute atomic E-state index is 12.8. The summed E-state index contributed by atoms with van der Waals surface area (Å²) in [5.41, 5.74) is 3.83. The summed E-state index contributed by atoms with van der Waals surface area (Å²) >= 11 is 0. The number of pyridine rings is 1. The normalized spacial score (nSPS) is 20.4. The molecule has 4 aromatic rings. The second-order valence-electron chi connectivity index (χ2n) is 10.0. The number of rotatable bonds is 5. The van der Waals surface area contributed by atoms with Gasteiger partial charge in [-0.2, -0.15) is 0 Å². The van der Waals surface area contributed by atoms with Crippen LogP contribution in [-0.2, 0) is 4.74 Å². The second-order valence-corrected chi connectivity index (χ2v) is 10.0. The zero-order chi connectivity index (χ0) is 24.8. The molecule has 6 rings (SSSR count). The van der Waals surface area contributed by atoms with Crippen molar-refractivity contribution in [3.8, 4) is 17.2 Å². The molecule has 0 radical (unpaired) electrons. The highest BCUT2D eigenvalue weighted by atomic mass is 16.5. The van der Waals surface area contributed by atoms with E-state index in [0.29, 0.717) is 39.9 Å². The van der Waals surface area contributed by atoms with Crippen LogP contribution in [0.5, 0.6) is 5.75 Å². The molecule has 3 heterocycles. The second kappa shape index (κ2) is 9.13. The monoisotopic (exact) mass is 484 g/mol. The first kappa shape index (κ1) is 22.9. The van der Waals surface area contributed by atoms with E-state index in [9.17, 15) is 9.70 Å². The predicted molar refractivity (Wildman–Crippen MR) is 137 cm³/mol. The van der Waals surface area contributed by atoms with Gasteiger partial charge in [0, 0.05) is 29.3 Å². The van der Waals surface area contributed by atoms with Crippen molar-refractivity contribution in [1.82, 2.24) is 4.98 Å². The third-order valence-corrected chi connectivity index (χ3v) is 7.87. The zero-order valence-electron chi connectivity index (χ0n) is 20.5. The summed E-state index contributed by atoms with van der Waals surface area (Å²) in [7, 11) is 0. The van der Waals surface area contributed by atoms with Crippen LogP contribution in [0.2, 0.25) is 0 Å². The topological polar surface area (TPSA) is 91.0 Å². The fourth-order valence-corrected chi connectivity index (χ4v) is 5.75. The van der Waals surface area contributed by atoms with E-state index in [0.717, 1.165) is 61.0 Å². The van der Waals surface area contributed by atoms with E-state index >= 15 is 0 Å². The van der Waals surface area contributed by atoms with Crippen LogP contribution in [0.3, 0.4) is 0 Å². The molecule has 0 unspecified atom stereocenters. The van der Waals surface area contributed by atoms with Crippen LogP contribution in [0.25, 0.3) is 33.3 Å². The van der Waals surface area contributed by atoms with Crippen LogP contribution in [0.1, 0.15) is 47.2 Å². The molecule has 2 aromatic heterocycles. The van der Waals surface area contributed by atoms with Gasteiger partial charge < -0.3 is 13.9 Å². The van der Waals surface area contributed by atoms with E-state index in [4.69, 9.17) is 18.9 Å². The van der Waals surface area contributed by atoms with Crippen molar-refractivity contribution >= 4 is 27.8 Å². The van der Waals surface area contributed by atoms with Gasteiger partial charge in [-0.1, -0.05) is 24.3 Å². The van der Waals surface area contributed by atoms with Crippen LogP contribution in [0, 0.1) is 30.6 Å². The number of furan rings is 1. The molecule has 184 valence electrons. The van der Waals surface area contributed by atoms with Gasteiger partial charge >= 0.3 is 5.91 Å². The average molecular weight is 485 g/mol. The van der Waals surface area contributed by atoms with Crippen LogP contribution in [0.4, 0.5) is 0 Å². The fourth-order valence-electron chi connectivity index (χ4n) is 5.75. The summed E-state index contributed by atoms with van der Waals surface area (Å²) < 4.78 is 18.0. The quantitative estimate of drug-likeness (QED) is 0.291. The number of nitrogens with zero attached hydrogens (tertiary/aromatic N) is 2. The van der Waals surface area contributed by atoms with Crippen molar-refractivity contribution in [2.24, 2.45) is 17.0 Å². The Morgan fingerprint density at radius 1 is 1.06 bits per heavy atom. The van der Waals surface area contributed by atoms with E-state index in [1.165, 1.54) is 0 Å². The molecule has 0 N–H and O–H groups in total. The largest absolute Gasteiger partial charge is 0.490 e. The van der Waals surface area contributed by atoms with Crippen LogP contribution >= 0.6 is 0 Å². The lowest BCUT2D eigenvalue weighted by atomic mass is 9.71. The molecule has 1 aliphatic carbocycles. The molecule has 7 heteroatoms. The molecule has 0 atom stereocenters. The van der Waals surface area contributed by atoms with Crippen LogP contribution < -0.4 is 4.74 Å². The number of amides is 1. The number of aryl methyl sites for hydroxylation is 2. The highest BCUT2D eigenvalue weighted by Crippen LogP contribution is 2.43. The van der Waals surface area contributed by atoms with Crippen LogP contribution in [-0.4, -0.2) is 30.2 Å². The summed E-state index contributed by atoms with van der Waals surface area (Å²) in [6.07, 6.45) is 4.27. The summed E-state index contributed by atoms with van der Waals surface area (Å²) in [4.78, 5) is 29.1. The summed E-state index contributed by atoms with van der Waals surface area (Å²) in [6, 6.07) is 13.2. The van der Waals surface area contributed by atoms with Gasteiger partial charge in [0.1, 0.15) is 17.0 Å². The van der Waals surface area contributed by atoms with Gasteiger partial charge in [-0.15, -0.1) is 4.91 Å². The molecule has 1 amide bonds. The lowest BCUT2D eigenvalue weighted by Gasteiger charge is -2.41. The third-order valence-electron chi connectivity index (χ3n) is 7.87. The average Bonchev–Trinajstić information content (AvgIpc) is 3.23. The number of carbonyl (C=O) groups is 1. The third kappa shape index (κ3) is 3.88. The minimum atomic E-state index is -0.846. The van der Waals surface area contributed by atoms with E-state index in [-0.39, 0.29) is 11.7 Å².